The van der Waals surface area contributed by atoms with Crippen LogP contribution >= 0.6 is 23.1 Å². The summed E-state index contributed by atoms with van der Waals surface area (Å²) in [5.74, 6) is 0.269. The van der Waals surface area contributed by atoms with Crippen molar-refractivity contribution in [1.82, 2.24) is 20.8 Å². The molecule has 0 spiro atoms. The smallest absolute Gasteiger partial charge is 0.325 e. The molecule has 4 aromatic rings. The molecule has 2 amide bonds. The van der Waals surface area contributed by atoms with E-state index >= 15 is 0 Å². The lowest BCUT2D eigenvalue weighted by atomic mass is 9.91. The molecule has 3 N–H and O–H groups in total. The fourth-order valence-corrected chi connectivity index (χ4v) is 7.14. The number of carbonyl (C=O) groups is 2. The maximum Gasteiger partial charge on any atom is 0.325 e. The van der Waals surface area contributed by atoms with Crippen LogP contribution in [0.2, 0.25) is 0 Å². The van der Waals surface area contributed by atoms with E-state index in [1.165, 1.54) is 0 Å². The molecule has 1 aliphatic heterocycles. The number of hydrogen-bond donors (Lipinski definition) is 3. The fourth-order valence-electron chi connectivity index (χ4n) is 5.14. The largest absolute Gasteiger partial charge is 0.465 e. The van der Waals surface area contributed by atoms with Gasteiger partial charge in [-0.2, -0.15) is 0 Å². The van der Waals surface area contributed by atoms with E-state index in [1.54, 1.807) is 30.0 Å². The Balaban J connectivity index is 1.32. The van der Waals surface area contributed by atoms with Crippen LogP contribution in [0.3, 0.4) is 0 Å². The van der Waals surface area contributed by atoms with Gasteiger partial charge in [-0.05, 0) is 53.8 Å². The highest BCUT2D eigenvalue weighted by atomic mass is 32.2. The Morgan fingerprint density at radius 3 is 2.43 bits per heavy atom. The molecular formula is C34H38N4O6S2. The van der Waals surface area contributed by atoms with Gasteiger partial charge < -0.3 is 30.0 Å². The molecule has 1 aromatic heterocycles. The number of esters is 1. The maximum atomic E-state index is 12.2. The predicted octanol–water partition coefficient (Wildman–Crippen LogP) is 5.95. The number of aliphatic hydroxyl groups excluding tert-OH is 1. The van der Waals surface area contributed by atoms with Crippen LogP contribution in [0.25, 0.3) is 11.1 Å². The Kier molecular flexibility index (Phi) is 11.8. The van der Waals surface area contributed by atoms with E-state index in [0.29, 0.717) is 12.3 Å². The van der Waals surface area contributed by atoms with Crippen molar-refractivity contribution < 1.29 is 28.9 Å². The number of thioether (sulfide) groups is 1. The summed E-state index contributed by atoms with van der Waals surface area (Å²) in [5.41, 5.74) is 5.64. The number of nitrogens with one attached hydrogen (secondary N) is 2. The van der Waals surface area contributed by atoms with Crippen LogP contribution in [0.1, 0.15) is 53.5 Å². The van der Waals surface area contributed by atoms with Gasteiger partial charge in [-0.25, -0.2) is 4.79 Å². The van der Waals surface area contributed by atoms with E-state index in [9.17, 15) is 14.7 Å². The number of aliphatic hydroxyl groups is 1. The van der Waals surface area contributed by atoms with E-state index in [0.717, 1.165) is 42.7 Å². The van der Waals surface area contributed by atoms with Gasteiger partial charge >= 0.3 is 12.0 Å². The molecule has 1 fully saturated rings. The van der Waals surface area contributed by atoms with Crippen LogP contribution in [0.4, 0.5) is 4.79 Å². The molecule has 0 radical (unpaired) electrons. The fraction of sp³-hybridized carbons (Fsp3) is 0.353. The zero-order valence-corrected chi connectivity index (χ0v) is 27.6. The molecule has 242 valence electrons. The Morgan fingerprint density at radius 2 is 1.72 bits per heavy atom. The summed E-state index contributed by atoms with van der Waals surface area (Å²) >= 11 is 3.21. The van der Waals surface area contributed by atoms with Crippen LogP contribution in [-0.2, 0) is 32.2 Å². The Labute approximate surface area is 276 Å². The standard InChI is InChI=1S/C34H38N4O6S2/c1-4-42-30(40)18-36-33(41)35-17-24-7-5-8-26(15-24)27-9-6-10-28(16-27)32-43-29(20-45-34-38-37-22(3)46-34)21(2)31(44-32)25-13-11-23(19-39)12-14-25/h5-16,21,29,31-32,39H,4,17-20H2,1-3H3,(H2,35,36,41)/t21-,29+,31+,32+/m1/s1. The number of amides is 2. The number of aromatic nitrogens is 2. The highest BCUT2D eigenvalue weighted by molar-refractivity contribution is 8.01. The summed E-state index contributed by atoms with van der Waals surface area (Å²) in [6.45, 7) is 6.16. The predicted molar refractivity (Wildman–Crippen MR) is 177 cm³/mol. The van der Waals surface area contributed by atoms with Gasteiger partial charge in [0.1, 0.15) is 11.6 Å². The molecule has 12 heteroatoms. The first-order valence-electron chi connectivity index (χ1n) is 15.1. The number of aryl methyl sites for hydroxylation is 1. The first-order chi connectivity index (χ1) is 22.3. The molecule has 5 rings (SSSR count). The van der Waals surface area contributed by atoms with Gasteiger partial charge in [-0.1, -0.05) is 90.7 Å². The van der Waals surface area contributed by atoms with Gasteiger partial charge in [0.25, 0.3) is 0 Å². The van der Waals surface area contributed by atoms with Crippen molar-refractivity contribution in [2.75, 3.05) is 18.9 Å². The van der Waals surface area contributed by atoms with Crippen molar-refractivity contribution in [2.24, 2.45) is 5.92 Å². The zero-order valence-electron chi connectivity index (χ0n) is 26.0. The van der Waals surface area contributed by atoms with Gasteiger partial charge in [0.05, 0.1) is 25.4 Å². The summed E-state index contributed by atoms with van der Waals surface area (Å²) in [5, 5.41) is 24.2. The Morgan fingerprint density at radius 1 is 0.957 bits per heavy atom. The topological polar surface area (TPSA) is 132 Å². The van der Waals surface area contributed by atoms with Gasteiger partial charge in [0, 0.05) is 23.8 Å². The Hall–Kier alpha value is -3.81. The molecule has 0 bridgehead atoms. The number of benzene rings is 3. The third-order valence-corrected chi connectivity index (χ3v) is 9.63. The molecule has 10 nitrogen and oxygen atoms in total. The monoisotopic (exact) mass is 662 g/mol. The minimum absolute atomic E-state index is 0.0135. The van der Waals surface area contributed by atoms with E-state index in [1.807, 2.05) is 73.7 Å². The number of rotatable bonds is 12. The van der Waals surface area contributed by atoms with Crippen LogP contribution in [0.5, 0.6) is 0 Å². The van der Waals surface area contributed by atoms with Crippen molar-refractivity contribution in [3.8, 4) is 11.1 Å². The first kappa shape index (κ1) is 33.6. The molecule has 1 saturated heterocycles. The van der Waals surface area contributed by atoms with Gasteiger partial charge in [0.15, 0.2) is 10.6 Å². The second-order valence-corrected chi connectivity index (χ2v) is 13.3. The molecule has 3 aromatic carbocycles. The molecule has 4 atom stereocenters. The van der Waals surface area contributed by atoms with Crippen molar-refractivity contribution in [3.05, 3.63) is 100 Å². The van der Waals surface area contributed by atoms with Gasteiger partial charge in [-0.3, -0.25) is 4.79 Å². The average Bonchev–Trinajstić information content (AvgIpc) is 3.51. The lowest BCUT2D eigenvalue weighted by molar-refractivity contribution is -0.268. The van der Waals surface area contributed by atoms with E-state index in [4.69, 9.17) is 14.2 Å². The maximum absolute atomic E-state index is 12.2. The number of nitrogens with zero attached hydrogens (tertiary/aromatic N) is 2. The summed E-state index contributed by atoms with van der Waals surface area (Å²) in [6, 6.07) is 23.4. The van der Waals surface area contributed by atoms with Gasteiger partial charge in [-0.15, -0.1) is 10.2 Å². The molecule has 0 saturated carbocycles. The summed E-state index contributed by atoms with van der Waals surface area (Å²) < 4.78 is 19.0. The minimum Gasteiger partial charge on any atom is -0.465 e. The second-order valence-electron chi connectivity index (χ2n) is 10.9. The molecular weight excluding hydrogens is 625 g/mol. The first-order valence-corrected chi connectivity index (χ1v) is 16.9. The van der Waals surface area contributed by atoms with Crippen molar-refractivity contribution in [1.29, 1.82) is 0 Å². The van der Waals surface area contributed by atoms with E-state index in [2.05, 4.69) is 33.8 Å². The molecule has 0 unspecified atom stereocenters. The molecule has 1 aliphatic rings. The third-order valence-electron chi connectivity index (χ3n) is 7.57. The molecule has 0 aliphatic carbocycles. The summed E-state index contributed by atoms with van der Waals surface area (Å²) in [4.78, 5) is 23.7. The lowest BCUT2D eigenvalue weighted by Gasteiger charge is -2.41. The summed E-state index contributed by atoms with van der Waals surface area (Å²) in [6.07, 6.45) is -0.946. The second kappa shape index (κ2) is 16.1. The van der Waals surface area contributed by atoms with Crippen LogP contribution in [0, 0.1) is 12.8 Å². The van der Waals surface area contributed by atoms with Crippen LogP contribution in [0.15, 0.2) is 77.1 Å². The van der Waals surface area contributed by atoms with Gasteiger partial charge in [0.2, 0.25) is 0 Å². The SMILES string of the molecule is CCOC(=O)CNC(=O)NCc1cccc(-c2cccc([C@H]3O[C@@H](CSc4nnc(C)s4)[C@@H](C)[C@@H](c4ccc(CO)cc4)O3)c2)c1. The van der Waals surface area contributed by atoms with Crippen molar-refractivity contribution >= 4 is 35.1 Å². The van der Waals surface area contributed by atoms with Crippen molar-refractivity contribution in [2.45, 2.75) is 56.8 Å². The summed E-state index contributed by atoms with van der Waals surface area (Å²) in [7, 11) is 0. The molecule has 2 heterocycles. The number of carbonyl (C=O) groups excluding carboxylic acids is 2. The van der Waals surface area contributed by atoms with E-state index in [-0.39, 0.29) is 37.9 Å². The number of hydrogen-bond acceptors (Lipinski definition) is 10. The zero-order chi connectivity index (χ0) is 32.5. The third kappa shape index (κ3) is 8.92. The lowest BCUT2D eigenvalue weighted by Crippen LogP contribution is -2.38. The normalized spacial score (nSPS) is 19.4. The Bertz CT molecular complexity index is 1620. The van der Waals surface area contributed by atoms with Crippen molar-refractivity contribution in [3.63, 3.8) is 0 Å². The molecule has 46 heavy (non-hydrogen) atoms. The number of ether oxygens (including phenoxy) is 3. The average molecular weight is 663 g/mol. The van der Waals surface area contributed by atoms with E-state index < -0.39 is 18.3 Å². The highest BCUT2D eigenvalue weighted by Gasteiger charge is 2.38. The van der Waals surface area contributed by atoms with Crippen LogP contribution < -0.4 is 10.6 Å². The minimum atomic E-state index is -0.603. The number of urea groups is 1. The van der Waals surface area contributed by atoms with Crippen LogP contribution in [-0.4, -0.2) is 52.3 Å². The quantitative estimate of drug-likeness (QED) is 0.124. The highest BCUT2D eigenvalue weighted by Crippen LogP contribution is 2.43.